The molecule has 0 bridgehead atoms. The Kier molecular flexibility index (Phi) is 4.09. The van der Waals surface area contributed by atoms with E-state index in [-0.39, 0.29) is 12.5 Å². The minimum Gasteiger partial charge on any atom is -0.496 e. The maximum absolute atomic E-state index is 12.6. The van der Waals surface area contributed by atoms with Crippen molar-refractivity contribution in [1.82, 2.24) is 4.90 Å². The van der Waals surface area contributed by atoms with Crippen molar-refractivity contribution >= 4 is 17.5 Å². The first kappa shape index (κ1) is 14.1. The van der Waals surface area contributed by atoms with Gasteiger partial charge in [0, 0.05) is 12.2 Å². The standard InChI is InChI=1S/C13H17N3O4/c1-19-11-3-2-8(14)6-9(11)13(18)16-4-5-20-7-10(16)12(15)17/h2-3,6,10H,4-5,7,14H2,1H3,(H2,15,17). The van der Waals surface area contributed by atoms with Gasteiger partial charge in [-0.15, -0.1) is 0 Å². The number of amides is 2. The Bertz CT molecular complexity index is 532. The van der Waals surface area contributed by atoms with Crippen molar-refractivity contribution in [1.29, 1.82) is 0 Å². The fraction of sp³-hybridized carbons (Fsp3) is 0.385. The van der Waals surface area contributed by atoms with Crippen LogP contribution in [0.4, 0.5) is 5.69 Å². The Morgan fingerprint density at radius 1 is 1.45 bits per heavy atom. The number of hydrogen-bond acceptors (Lipinski definition) is 5. The van der Waals surface area contributed by atoms with Gasteiger partial charge in [-0.1, -0.05) is 0 Å². The first-order valence-electron chi connectivity index (χ1n) is 6.16. The van der Waals surface area contributed by atoms with Crippen LogP contribution in [0, 0.1) is 0 Å². The third kappa shape index (κ3) is 2.67. The van der Waals surface area contributed by atoms with Crippen LogP contribution in [-0.4, -0.2) is 49.6 Å². The molecular formula is C13H17N3O4. The lowest BCUT2D eigenvalue weighted by Crippen LogP contribution is -2.54. The second-order valence-corrected chi connectivity index (χ2v) is 4.45. The van der Waals surface area contributed by atoms with E-state index in [9.17, 15) is 9.59 Å². The molecule has 1 aromatic carbocycles. The molecule has 1 aliphatic rings. The third-order valence-corrected chi connectivity index (χ3v) is 3.17. The maximum Gasteiger partial charge on any atom is 0.258 e. The van der Waals surface area contributed by atoms with Crippen molar-refractivity contribution < 1.29 is 19.1 Å². The number of benzene rings is 1. The highest BCUT2D eigenvalue weighted by Gasteiger charge is 2.33. The van der Waals surface area contributed by atoms with Crippen molar-refractivity contribution in [3.05, 3.63) is 23.8 Å². The van der Waals surface area contributed by atoms with Gasteiger partial charge in [0.1, 0.15) is 11.8 Å². The number of primary amides is 1. The molecule has 0 saturated carbocycles. The Morgan fingerprint density at radius 2 is 2.20 bits per heavy atom. The number of ether oxygens (including phenoxy) is 2. The summed E-state index contributed by atoms with van der Waals surface area (Å²) in [5, 5.41) is 0. The fourth-order valence-electron chi connectivity index (χ4n) is 2.13. The van der Waals surface area contributed by atoms with Gasteiger partial charge in [0.2, 0.25) is 5.91 Å². The normalized spacial score (nSPS) is 18.6. The zero-order chi connectivity index (χ0) is 14.7. The molecule has 20 heavy (non-hydrogen) atoms. The molecule has 7 heteroatoms. The van der Waals surface area contributed by atoms with Crippen molar-refractivity contribution in [2.45, 2.75) is 6.04 Å². The predicted molar refractivity (Wildman–Crippen MR) is 72.2 cm³/mol. The van der Waals surface area contributed by atoms with Crippen LogP contribution < -0.4 is 16.2 Å². The van der Waals surface area contributed by atoms with E-state index in [4.69, 9.17) is 20.9 Å². The SMILES string of the molecule is COc1ccc(N)cc1C(=O)N1CCOCC1C(N)=O. The molecule has 7 nitrogen and oxygen atoms in total. The smallest absolute Gasteiger partial charge is 0.258 e. The van der Waals surface area contributed by atoms with E-state index in [1.165, 1.54) is 18.1 Å². The van der Waals surface area contributed by atoms with E-state index >= 15 is 0 Å². The highest BCUT2D eigenvalue weighted by atomic mass is 16.5. The van der Waals surface area contributed by atoms with Gasteiger partial charge in [0.15, 0.2) is 0 Å². The second kappa shape index (κ2) is 5.79. The minimum absolute atomic E-state index is 0.103. The number of nitrogens with two attached hydrogens (primary N) is 2. The molecule has 1 saturated heterocycles. The van der Waals surface area contributed by atoms with Crippen LogP contribution in [-0.2, 0) is 9.53 Å². The van der Waals surface area contributed by atoms with Crippen LogP contribution in [0.25, 0.3) is 0 Å². The van der Waals surface area contributed by atoms with Crippen LogP contribution >= 0.6 is 0 Å². The number of carbonyl (C=O) groups is 2. The summed E-state index contributed by atoms with van der Waals surface area (Å²) in [7, 11) is 1.47. The Hall–Kier alpha value is -2.28. The molecule has 0 aromatic heterocycles. The van der Waals surface area contributed by atoms with Crippen LogP contribution in [0.1, 0.15) is 10.4 Å². The van der Waals surface area contributed by atoms with Gasteiger partial charge in [-0.05, 0) is 18.2 Å². The molecule has 1 atom stereocenters. The Labute approximate surface area is 116 Å². The zero-order valence-corrected chi connectivity index (χ0v) is 11.2. The lowest BCUT2D eigenvalue weighted by molar-refractivity contribution is -0.127. The topological polar surface area (TPSA) is 108 Å². The zero-order valence-electron chi connectivity index (χ0n) is 11.2. The molecule has 108 valence electrons. The van der Waals surface area contributed by atoms with Crippen LogP contribution in [0.2, 0.25) is 0 Å². The Morgan fingerprint density at radius 3 is 2.85 bits per heavy atom. The highest BCUT2D eigenvalue weighted by Crippen LogP contribution is 2.24. The van der Waals surface area contributed by atoms with Crippen molar-refractivity contribution in [2.24, 2.45) is 5.73 Å². The van der Waals surface area contributed by atoms with Crippen LogP contribution in [0.15, 0.2) is 18.2 Å². The lowest BCUT2D eigenvalue weighted by atomic mass is 10.1. The summed E-state index contributed by atoms with van der Waals surface area (Å²) in [5.74, 6) is -0.541. The van der Waals surface area contributed by atoms with E-state index in [0.717, 1.165) is 0 Å². The minimum atomic E-state index is -0.776. The van der Waals surface area contributed by atoms with Gasteiger partial charge in [-0.3, -0.25) is 9.59 Å². The average molecular weight is 279 g/mol. The first-order valence-corrected chi connectivity index (χ1v) is 6.16. The summed E-state index contributed by atoms with van der Waals surface area (Å²) < 4.78 is 10.3. The molecule has 1 heterocycles. The molecule has 1 aromatic rings. The third-order valence-electron chi connectivity index (χ3n) is 3.17. The van der Waals surface area contributed by atoms with Gasteiger partial charge in [0.05, 0.1) is 25.9 Å². The lowest BCUT2D eigenvalue weighted by Gasteiger charge is -2.33. The van der Waals surface area contributed by atoms with Crippen molar-refractivity contribution in [3.8, 4) is 5.75 Å². The summed E-state index contributed by atoms with van der Waals surface area (Å²) in [5.41, 5.74) is 11.8. The van der Waals surface area contributed by atoms with Gasteiger partial charge in [-0.2, -0.15) is 0 Å². The number of nitrogens with zero attached hydrogens (tertiary/aromatic N) is 1. The predicted octanol–water partition coefficient (Wildman–Crippen LogP) is -0.396. The Balaban J connectivity index is 2.34. The molecule has 0 aliphatic carbocycles. The largest absolute Gasteiger partial charge is 0.496 e. The number of anilines is 1. The highest BCUT2D eigenvalue weighted by molar-refractivity contribution is 6.00. The fourth-order valence-corrected chi connectivity index (χ4v) is 2.13. The first-order chi connectivity index (χ1) is 9.54. The molecule has 0 radical (unpaired) electrons. The number of hydrogen-bond donors (Lipinski definition) is 2. The summed E-state index contributed by atoms with van der Waals surface area (Å²) in [6, 6.07) is 4.00. The number of nitrogen functional groups attached to an aromatic ring is 1. The summed E-state index contributed by atoms with van der Waals surface area (Å²) in [6.07, 6.45) is 0. The summed E-state index contributed by atoms with van der Waals surface area (Å²) >= 11 is 0. The number of carbonyl (C=O) groups excluding carboxylic acids is 2. The molecule has 2 amide bonds. The van der Waals surface area contributed by atoms with Crippen LogP contribution in [0.5, 0.6) is 5.75 Å². The second-order valence-electron chi connectivity index (χ2n) is 4.45. The van der Waals surface area contributed by atoms with E-state index in [1.807, 2.05) is 0 Å². The quantitative estimate of drug-likeness (QED) is 0.732. The molecule has 1 aliphatic heterocycles. The van der Waals surface area contributed by atoms with Crippen LogP contribution in [0.3, 0.4) is 0 Å². The van der Waals surface area contributed by atoms with E-state index < -0.39 is 11.9 Å². The molecule has 0 spiro atoms. The van der Waals surface area contributed by atoms with E-state index in [0.29, 0.717) is 30.2 Å². The molecular weight excluding hydrogens is 262 g/mol. The van der Waals surface area contributed by atoms with Gasteiger partial charge in [-0.25, -0.2) is 0 Å². The average Bonchev–Trinajstić information content (AvgIpc) is 2.46. The maximum atomic E-state index is 12.6. The van der Waals surface area contributed by atoms with Gasteiger partial charge < -0.3 is 25.8 Å². The van der Waals surface area contributed by atoms with Gasteiger partial charge >= 0.3 is 0 Å². The molecule has 1 unspecified atom stereocenters. The van der Waals surface area contributed by atoms with Crippen molar-refractivity contribution in [2.75, 3.05) is 32.6 Å². The summed E-state index contributed by atoms with van der Waals surface area (Å²) in [6.45, 7) is 0.760. The monoisotopic (exact) mass is 279 g/mol. The summed E-state index contributed by atoms with van der Waals surface area (Å²) in [4.78, 5) is 25.4. The van der Waals surface area contributed by atoms with Crippen molar-refractivity contribution in [3.63, 3.8) is 0 Å². The molecule has 2 rings (SSSR count). The molecule has 4 N–H and O–H groups in total. The number of rotatable bonds is 3. The number of methoxy groups -OCH3 is 1. The molecule has 1 fully saturated rings. The van der Waals surface area contributed by atoms with E-state index in [1.54, 1.807) is 12.1 Å². The van der Waals surface area contributed by atoms with Gasteiger partial charge in [0.25, 0.3) is 5.91 Å². The van der Waals surface area contributed by atoms with E-state index in [2.05, 4.69) is 0 Å². The number of morpholine rings is 1.